The van der Waals surface area contributed by atoms with Crippen LogP contribution < -0.4 is 5.32 Å². The maximum Gasteiger partial charge on any atom is 0.154 e. The third kappa shape index (κ3) is 2.42. The summed E-state index contributed by atoms with van der Waals surface area (Å²) < 4.78 is 1.77. The van der Waals surface area contributed by atoms with E-state index in [-0.39, 0.29) is 12.4 Å². The number of aromatic nitrogens is 3. The standard InChI is InChI=1S/C8H14N4.ClH/c1-12-6-10-8(11-12)7-3-2-4-9-5-7;/h6-7,9H,2-5H2,1H3;1H. The van der Waals surface area contributed by atoms with Gasteiger partial charge < -0.3 is 5.32 Å². The molecule has 0 radical (unpaired) electrons. The van der Waals surface area contributed by atoms with E-state index in [1.54, 1.807) is 11.0 Å². The van der Waals surface area contributed by atoms with Gasteiger partial charge >= 0.3 is 0 Å². The van der Waals surface area contributed by atoms with Crippen LogP contribution in [0.2, 0.25) is 0 Å². The summed E-state index contributed by atoms with van der Waals surface area (Å²) in [6.45, 7) is 2.17. The summed E-state index contributed by atoms with van der Waals surface area (Å²) in [5, 5.41) is 7.65. The number of nitrogens with zero attached hydrogens (tertiary/aromatic N) is 3. The minimum atomic E-state index is 0. The largest absolute Gasteiger partial charge is 0.316 e. The predicted octanol–water partition coefficient (Wildman–Crippen LogP) is 0.704. The van der Waals surface area contributed by atoms with Crippen molar-refractivity contribution in [1.29, 1.82) is 0 Å². The van der Waals surface area contributed by atoms with Gasteiger partial charge in [0.25, 0.3) is 0 Å². The first-order valence-corrected chi connectivity index (χ1v) is 4.42. The molecule has 2 heterocycles. The quantitative estimate of drug-likeness (QED) is 0.729. The first kappa shape index (κ1) is 10.5. The van der Waals surface area contributed by atoms with Gasteiger partial charge in [-0.3, -0.25) is 4.68 Å². The van der Waals surface area contributed by atoms with Crippen LogP contribution in [0.15, 0.2) is 6.33 Å². The van der Waals surface area contributed by atoms with E-state index >= 15 is 0 Å². The molecule has 1 aromatic heterocycles. The van der Waals surface area contributed by atoms with Gasteiger partial charge in [-0.15, -0.1) is 12.4 Å². The van der Waals surface area contributed by atoms with Crippen molar-refractivity contribution in [3.63, 3.8) is 0 Å². The van der Waals surface area contributed by atoms with Crippen molar-refractivity contribution in [3.05, 3.63) is 12.2 Å². The Hall–Kier alpha value is -0.610. The lowest BCUT2D eigenvalue weighted by Gasteiger charge is -2.19. The Balaban J connectivity index is 0.000000845. The predicted molar refractivity (Wildman–Crippen MR) is 53.1 cm³/mol. The van der Waals surface area contributed by atoms with Gasteiger partial charge in [-0.1, -0.05) is 0 Å². The summed E-state index contributed by atoms with van der Waals surface area (Å²) in [6, 6.07) is 0. The number of halogens is 1. The fourth-order valence-corrected chi connectivity index (χ4v) is 1.62. The van der Waals surface area contributed by atoms with Crippen molar-refractivity contribution >= 4 is 12.4 Å². The van der Waals surface area contributed by atoms with Gasteiger partial charge in [0.15, 0.2) is 5.82 Å². The molecule has 1 aliphatic heterocycles. The van der Waals surface area contributed by atoms with Crippen LogP contribution in [0.3, 0.4) is 0 Å². The monoisotopic (exact) mass is 202 g/mol. The van der Waals surface area contributed by atoms with Crippen LogP contribution in [0.25, 0.3) is 0 Å². The average molecular weight is 203 g/mol. The zero-order chi connectivity index (χ0) is 8.39. The Kier molecular flexibility index (Phi) is 3.69. The minimum Gasteiger partial charge on any atom is -0.316 e. The van der Waals surface area contributed by atoms with Crippen molar-refractivity contribution in [1.82, 2.24) is 20.1 Å². The molecule has 1 saturated heterocycles. The second kappa shape index (κ2) is 4.58. The van der Waals surface area contributed by atoms with Gasteiger partial charge in [0.2, 0.25) is 0 Å². The van der Waals surface area contributed by atoms with E-state index in [4.69, 9.17) is 0 Å². The number of aryl methyl sites for hydroxylation is 1. The van der Waals surface area contributed by atoms with Crippen molar-refractivity contribution in [3.8, 4) is 0 Å². The molecule has 74 valence electrons. The highest BCUT2D eigenvalue weighted by molar-refractivity contribution is 5.85. The Morgan fingerprint density at radius 2 is 2.46 bits per heavy atom. The fourth-order valence-electron chi connectivity index (χ4n) is 1.62. The van der Waals surface area contributed by atoms with Crippen molar-refractivity contribution in [2.24, 2.45) is 7.05 Å². The molecule has 0 bridgehead atoms. The molecule has 0 amide bonds. The number of hydrogen-bond acceptors (Lipinski definition) is 3. The van der Waals surface area contributed by atoms with Crippen molar-refractivity contribution in [2.75, 3.05) is 13.1 Å². The van der Waals surface area contributed by atoms with E-state index in [1.165, 1.54) is 12.8 Å². The number of piperidine rings is 1. The third-order valence-electron chi connectivity index (χ3n) is 2.28. The van der Waals surface area contributed by atoms with E-state index in [0.29, 0.717) is 5.92 Å². The van der Waals surface area contributed by atoms with E-state index < -0.39 is 0 Å². The summed E-state index contributed by atoms with van der Waals surface area (Å²) in [7, 11) is 1.91. The summed E-state index contributed by atoms with van der Waals surface area (Å²) in [4.78, 5) is 4.25. The number of hydrogen-bond donors (Lipinski definition) is 1. The SMILES string of the molecule is Cl.Cn1cnc(C2CCCNC2)n1. The van der Waals surface area contributed by atoms with Crippen LogP contribution in [0.1, 0.15) is 24.6 Å². The lowest BCUT2D eigenvalue weighted by molar-refractivity contribution is 0.445. The minimum absolute atomic E-state index is 0. The summed E-state index contributed by atoms with van der Waals surface area (Å²) in [5.74, 6) is 1.52. The normalized spacial score (nSPS) is 22.4. The highest BCUT2D eigenvalue weighted by Crippen LogP contribution is 2.18. The first-order chi connectivity index (χ1) is 5.86. The zero-order valence-electron chi connectivity index (χ0n) is 7.73. The van der Waals surface area contributed by atoms with Crippen LogP contribution in [-0.2, 0) is 7.05 Å². The molecule has 13 heavy (non-hydrogen) atoms. The molecule has 1 aromatic rings. The molecule has 0 saturated carbocycles. The molecule has 1 aliphatic rings. The second-order valence-corrected chi connectivity index (χ2v) is 3.32. The Bertz CT molecular complexity index is 254. The van der Waals surface area contributed by atoms with Crippen LogP contribution in [0.5, 0.6) is 0 Å². The summed E-state index contributed by atoms with van der Waals surface area (Å²) in [5.41, 5.74) is 0. The molecular weight excluding hydrogens is 188 g/mol. The van der Waals surface area contributed by atoms with Gasteiger partial charge in [-0.2, -0.15) is 5.10 Å². The molecule has 4 nitrogen and oxygen atoms in total. The van der Waals surface area contributed by atoms with Gasteiger partial charge in [0.05, 0.1) is 0 Å². The van der Waals surface area contributed by atoms with Crippen molar-refractivity contribution in [2.45, 2.75) is 18.8 Å². The highest BCUT2D eigenvalue weighted by Gasteiger charge is 2.18. The Labute approximate surface area is 84.1 Å². The lowest BCUT2D eigenvalue weighted by atomic mass is 9.99. The second-order valence-electron chi connectivity index (χ2n) is 3.32. The van der Waals surface area contributed by atoms with Gasteiger partial charge in [-0.05, 0) is 19.4 Å². The maximum atomic E-state index is 4.30. The van der Waals surface area contributed by atoms with E-state index in [0.717, 1.165) is 18.9 Å². The topological polar surface area (TPSA) is 42.7 Å². The molecule has 1 N–H and O–H groups in total. The Morgan fingerprint density at radius 1 is 1.62 bits per heavy atom. The van der Waals surface area contributed by atoms with E-state index in [9.17, 15) is 0 Å². The van der Waals surface area contributed by atoms with E-state index in [1.807, 2.05) is 7.05 Å². The molecule has 0 spiro atoms. The number of rotatable bonds is 1. The molecule has 1 fully saturated rings. The Morgan fingerprint density at radius 3 is 3.00 bits per heavy atom. The third-order valence-corrected chi connectivity index (χ3v) is 2.28. The van der Waals surface area contributed by atoms with Crippen LogP contribution in [-0.4, -0.2) is 27.9 Å². The zero-order valence-corrected chi connectivity index (χ0v) is 8.55. The molecule has 2 rings (SSSR count). The summed E-state index contributed by atoms with van der Waals surface area (Å²) in [6.07, 6.45) is 4.23. The lowest BCUT2D eigenvalue weighted by Crippen LogP contribution is -2.29. The molecule has 1 unspecified atom stereocenters. The van der Waals surface area contributed by atoms with E-state index in [2.05, 4.69) is 15.4 Å². The van der Waals surface area contributed by atoms with Gasteiger partial charge in [0, 0.05) is 19.5 Å². The maximum absolute atomic E-state index is 4.30. The summed E-state index contributed by atoms with van der Waals surface area (Å²) >= 11 is 0. The number of nitrogens with one attached hydrogen (secondary N) is 1. The first-order valence-electron chi connectivity index (χ1n) is 4.42. The van der Waals surface area contributed by atoms with Crippen LogP contribution in [0.4, 0.5) is 0 Å². The van der Waals surface area contributed by atoms with Crippen LogP contribution in [0, 0.1) is 0 Å². The smallest absolute Gasteiger partial charge is 0.154 e. The fraction of sp³-hybridized carbons (Fsp3) is 0.750. The van der Waals surface area contributed by atoms with Gasteiger partial charge in [0.1, 0.15) is 6.33 Å². The molecular formula is C8H15ClN4. The van der Waals surface area contributed by atoms with Gasteiger partial charge in [-0.25, -0.2) is 4.98 Å². The average Bonchev–Trinajstić information content (AvgIpc) is 2.54. The highest BCUT2D eigenvalue weighted by atomic mass is 35.5. The molecule has 5 heteroatoms. The molecule has 0 aliphatic carbocycles. The molecule has 0 aromatic carbocycles. The van der Waals surface area contributed by atoms with Crippen molar-refractivity contribution < 1.29 is 0 Å². The van der Waals surface area contributed by atoms with Crippen LogP contribution >= 0.6 is 12.4 Å². The molecule has 1 atom stereocenters.